The molecule has 0 aliphatic heterocycles. The molecule has 0 aromatic heterocycles. The summed E-state index contributed by atoms with van der Waals surface area (Å²) in [5.74, 6) is 4.23. The van der Waals surface area contributed by atoms with Crippen molar-refractivity contribution in [1.29, 1.82) is 0 Å². The third-order valence-corrected chi connectivity index (χ3v) is 7.23. The molecular weight excluding hydrogens is 435 g/mol. The molecule has 0 saturated carbocycles. The molecule has 3 aromatic rings. The maximum absolute atomic E-state index is 13.4. The van der Waals surface area contributed by atoms with Gasteiger partial charge in [-0.05, 0) is 68.0 Å². The Bertz CT molecular complexity index is 1170. The van der Waals surface area contributed by atoms with Crippen molar-refractivity contribution < 1.29 is 23.5 Å². The molecule has 2 unspecified atom stereocenters. The number of aliphatic hydroxyl groups is 1. The van der Waals surface area contributed by atoms with Crippen molar-refractivity contribution in [2.45, 2.75) is 32.3 Å². The molecule has 0 spiro atoms. The van der Waals surface area contributed by atoms with Gasteiger partial charge in [-0.25, -0.2) is 4.57 Å². The Hall–Kier alpha value is -3.61. The molecule has 0 aliphatic rings. The number of rotatable bonds is 9. The molecule has 5 nitrogen and oxygen atoms in total. The molecule has 0 aliphatic carbocycles. The van der Waals surface area contributed by atoms with Gasteiger partial charge in [0.25, 0.3) is 0 Å². The number of aliphatic hydroxyl groups excluding tert-OH is 1. The first-order valence-electron chi connectivity index (χ1n) is 10.6. The SMILES string of the molecule is C=C(C#CO)Oc1ccc(C(C)c2ccc(OP(=O)(Oc3ccccc3)C(C)C)cc2)cc1. The molecule has 0 fully saturated rings. The van der Waals surface area contributed by atoms with Gasteiger partial charge < -0.3 is 18.9 Å². The second kappa shape index (κ2) is 10.8. The van der Waals surface area contributed by atoms with Crippen molar-refractivity contribution >= 4 is 7.60 Å². The summed E-state index contributed by atoms with van der Waals surface area (Å²) < 4.78 is 30.4. The first-order chi connectivity index (χ1) is 15.8. The van der Waals surface area contributed by atoms with E-state index >= 15 is 0 Å². The van der Waals surface area contributed by atoms with Crippen molar-refractivity contribution in [3.63, 3.8) is 0 Å². The second-order valence-corrected chi connectivity index (χ2v) is 10.2. The first kappa shape index (κ1) is 24.0. The van der Waals surface area contributed by atoms with Crippen LogP contribution in [0.4, 0.5) is 0 Å². The average molecular weight is 462 g/mol. The number of ether oxygens (including phenoxy) is 1. The molecule has 1 N–H and O–H groups in total. The lowest BCUT2D eigenvalue weighted by Gasteiger charge is -2.23. The van der Waals surface area contributed by atoms with Crippen LogP contribution in [0.25, 0.3) is 0 Å². The maximum atomic E-state index is 13.4. The van der Waals surface area contributed by atoms with Gasteiger partial charge in [0.15, 0.2) is 5.76 Å². The summed E-state index contributed by atoms with van der Waals surface area (Å²) in [6, 6.07) is 24.2. The smallest absolute Gasteiger partial charge is 0.433 e. The number of hydrogen-bond donors (Lipinski definition) is 1. The number of allylic oxidation sites excluding steroid dienone is 1. The summed E-state index contributed by atoms with van der Waals surface area (Å²) in [5.41, 5.74) is 1.86. The largest absolute Gasteiger partial charge is 0.462 e. The van der Waals surface area contributed by atoms with Crippen LogP contribution in [0, 0.1) is 12.0 Å². The highest BCUT2D eigenvalue weighted by atomic mass is 31.2. The van der Waals surface area contributed by atoms with Crippen molar-refractivity contribution in [2.75, 3.05) is 0 Å². The van der Waals surface area contributed by atoms with Gasteiger partial charge in [-0.1, -0.05) is 49.4 Å². The van der Waals surface area contributed by atoms with Crippen LogP contribution in [-0.4, -0.2) is 10.8 Å². The Balaban J connectivity index is 1.70. The number of benzene rings is 3. The summed E-state index contributed by atoms with van der Waals surface area (Å²) in [6.45, 7) is 9.35. The molecule has 0 saturated heterocycles. The zero-order chi connectivity index (χ0) is 23.8. The highest BCUT2D eigenvalue weighted by Crippen LogP contribution is 2.52. The van der Waals surface area contributed by atoms with Crippen LogP contribution in [0.2, 0.25) is 0 Å². The van der Waals surface area contributed by atoms with Crippen LogP contribution in [0.3, 0.4) is 0 Å². The van der Waals surface area contributed by atoms with Gasteiger partial charge >= 0.3 is 7.60 Å². The highest BCUT2D eigenvalue weighted by molar-refractivity contribution is 7.55. The lowest BCUT2D eigenvalue weighted by atomic mass is 9.93. The molecule has 170 valence electrons. The minimum absolute atomic E-state index is 0.117. The highest BCUT2D eigenvalue weighted by Gasteiger charge is 2.32. The minimum atomic E-state index is -3.40. The van der Waals surface area contributed by atoms with Gasteiger partial charge in [-0.2, -0.15) is 0 Å². The number of hydrogen-bond acceptors (Lipinski definition) is 5. The molecule has 6 heteroatoms. The molecule has 33 heavy (non-hydrogen) atoms. The third-order valence-electron chi connectivity index (χ3n) is 5.04. The predicted molar refractivity (Wildman–Crippen MR) is 130 cm³/mol. The van der Waals surface area contributed by atoms with Crippen LogP contribution in [0.1, 0.15) is 37.8 Å². The van der Waals surface area contributed by atoms with Crippen molar-refractivity contribution in [2.24, 2.45) is 0 Å². The van der Waals surface area contributed by atoms with Gasteiger partial charge in [0.2, 0.25) is 0 Å². The van der Waals surface area contributed by atoms with Gasteiger partial charge in [-0.3, -0.25) is 0 Å². The molecular formula is C27H27O5P. The first-order valence-corrected chi connectivity index (χ1v) is 12.2. The summed E-state index contributed by atoms with van der Waals surface area (Å²) in [5, 5.41) is 8.60. The van der Waals surface area contributed by atoms with E-state index in [1.165, 1.54) is 0 Å². The average Bonchev–Trinajstić information content (AvgIpc) is 2.80. The minimum Gasteiger partial charge on any atom is -0.462 e. The molecule has 3 rings (SSSR count). The molecule has 0 bridgehead atoms. The Morgan fingerprint density at radius 3 is 1.79 bits per heavy atom. The van der Waals surface area contributed by atoms with Gasteiger partial charge in [0.05, 0.1) is 5.66 Å². The van der Waals surface area contributed by atoms with E-state index in [4.69, 9.17) is 18.9 Å². The van der Waals surface area contributed by atoms with E-state index < -0.39 is 7.60 Å². The normalized spacial score (nSPS) is 13.2. The van der Waals surface area contributed by atoms with Crippen LogP contribution in [-0.2, 0) is 4.57 Å². The van der Waals surface area contributed by atoms with Gasteiger partial charge in [0, 0.05) is 11.8 Å². The molecule has 0 amide bonds. The predicted octanol–water partition coefficient (Wildman–Crippen LogP) is 7.12. The quantitative estimate of drug-likeness (QED) is 0.208. The van der Waals surface area contributed by atoms with Crippen molar-refractivity contribution in [3.05, 3.63) is 102 Å². The van der Waals surface area contributed by atoms with Gasteiger partial charge in [0.1, 0.15) is 23.4 Å². The maximum Gasteiger partial charge on any atom is 0.433 e. The van der Waals surface area contributed by atoms with E-state index in [1.807, 2.05) is 80.6 Å². The van der Waals surface area contributed by atoms with Crippen LogP contribution in [0.5, 0.6) is 17.2 Å². The Morgan fingerprint density at radius 2 is 1.30 bits per heavy atom. The summed E-state index contributed by atoms with van der Waals surface area (Å²) in [4.78, 5) is 0. The van der Waals surface area contributed by atoms with E-state index in [0.717, 1.165) is 11.1 Å². The monoisotopic (exact) mass is 462 g/mol. The topological polar surface area (TPSA) is 65.0 Å². The van der Waals surface area contributed by atoms with Crippen molar-refractivity contribution in [1.82, 2.24) is 0 Å². The van der Waals surface area contributed by atoms with E-state index in [1.54, 1.807) is 18.2 Å². The Kier molecular flexibility index (Phi) is 7.87. The molecule has 0 radical (unpaired) electrons. The summed E-state index contributed by atoms with van der Waals surface area (Å²) in [7, 11) is -3.40. The van der Waals surface area contributed by atoms with E-state index in [2.05, 4.69) is 19.4 Å². The summed E-state index contributed by atoms with van der Waals surface area (Å²) >= 11 is 0. The third kappa shape index (κ3) is 6.44. The fourth-order valence-electron chi connectivity index (χ4n) is 3.07. The Morgan fingerprint density at radius 1 is 0.818 bits per heavy atom. The fourth-order valence-corrected chi connectivity index (χ4v) is 4.36. The van der Waals surface area contributed by atoms with Crippen LogP contribution in [0.15, 0.2) is 91.2 Å². The van der Waals surface area contributed by atoms with Crippen molar-refractivity contribution in [3.8, 4) is 29.3 Å². The standard InChI is InChI=1S/C27H27O5P/c1-20(2)33(29,31-26-8-6-5-7-9-26)32-27-16-12-24(13-17-27)22(4)23-10-14-25(15-11-23)30-21(3)18-19-28/h5-17,20,22,28H,3H2,1-2,4H3. The Labute approximate surface area is 195 Å². The fraction of sp³-hybridized carbons (Fsp3) is 0.185. The lowest BCUT2D eigenvalue weighted by molar-refractivity contribution is 0.376. The van der Waals surface area contributed by atoms with E-state index in [0.29, 0.717) is 17.2 Å². The van der Waals surface area contributed by atoms with Crippen LogP contribution < -0.4 is 13.8 Å². The molecule has 0 heterocycles. The second-order valence-electron chi connectivity index (χ2n) is 7.75. The van der Waals surface area contributed by atoms with Crippen LogP contribution >= 0.6 is 7.60 Å². The lowest BCUT2D eigenvalue weighted by Crippen LogP contribution is -2.10. The number of para-hydroxylation sites is 1. The van der Waals surface area contributed by atoms with Gasteiger partial charge in [-0.15, -0.1) is 0 Å². The molecule has 2 atom stereocenters. The molecule has 3 aromatic carbocycles. The summed E-state index contributed by atoms with van der Waals surface area (Å²) in [6.07, 6.45) is 1.77. The van der Waals surface area contributed by atoms with E-state index in [-0.39, 0.29) is 17.3 Å². The zero-order valence-electron chi connectivity index (χ0n) is 18.9. The zero-order valence-corrected chi connectivity index (χ0v) is 19.8. The van der Waals surface area contributed by atoms with E-state index in [9.17, 15) is 4.57 Å².